The van der Waals surface area contributed by atoms with Crippen LogP contribution in [-0.2, 0) is 0 Å². The Morgan fingerprint density at radius 2 is 1.82 bits per heavy atom. The van der Waals surface area contributed by atoms with Gasteiger partial charge in [0.2, 0.25) is 5.95 Å². The molecule has 202 valence electrons. The lowest BCUT2D eigenvalue weighted by molar-refractivity contribution is 0.151. The quantitative estimate of drug-likeness (QED) is 0.332. The molecule has 0 aliphatic carbocycles. The second kappa shape index (κ2) is 11.2. The molecule has 2 N–H and O–H groups in total. The fraction of sp³-hybridized carbons (Fsp3) is 0.286. The van der Waals surface area contributed by atoms with Crippen LogP contribution in [0.15, 0.2) is 62.2 Å². The molecular formula is C28H31F2N9. The molecule has 1 fully saturated rings. The first-order valence-corrected chi connectivity index (χ1v) is 12.7. The first kappa shape index (κ1) is 26.2. The van der Waals surface area contributed by atoms with Crippen molar-refractivity contribution in [2.75, 3.05) is 50.0 Å². The number of anilines is 3. The highest BCUT2D eigenvalue weighted by atomic mass is 19.3. The van der Waals surface area contributed by atoms with Crippen LogP contribution >= 0.6 is 0 Å². The summed E-state index contributed by atoms with van der Waals surface area (Å²) in [4.78, 5) is 18.3. The number of rotatable bonds is 9. The molecule has 0 atom stereocenters. The molecule has 5 rings (SSSR count). The molecule has 0 radical (unpaired) electrons. The molecule has 0 saturated carbocycles. The zero-order valence-corrected chi connectivity index (χ0v) is 22.0. The maximum atomic E-state index is 12.6. The molecule has 0 bridgehead atoms. The molecule has 1 saturated heterocycles. The van der Waals surface area contributed by atoms with Gasteiger partial charge in [-0.1, -0.05) is 13.2 Å². The number of aryl methyl sites for hydroxylation is 1. The average Bonchev–Trinajstić information content (AvgIpc) is 3.36. The summed E-state index contributed by atoms with van der Waals surface area (Å²) in [5.74, 6) is 1.43. The van der Waals surface area contributed by atoms with Crippen LogP contribution in [0.2, 0.25) is 0 Å². The average molecular weight is 532 g/mol. The highest BCUT2D eigenvalue weighted by Gasteiger charge is 2.16. The van der Waals surface area contributed by atoms with E-state index < -0.39 is 13.0 Å². The minimum atomic E-state index is -2.47. The molecule has 9 nitrogen and oxygen atoms in total. The zero-order chi connectivity index (χ0) is 27.5. The maximum Gasteiger partial charge on any atom is 0.255 e. The maximum absolute atomic E-state index is 12.6. The Kier molecular flexibility index (Phi) is 7.51. The van der Waals surface area contributed by atoms with Crippen LogP contribution in [0, 0.1) is 6.92 Å². The van der Waals surface area contributed by atoms with Crippen molar-refractivity contribution in [1.29, 1.82) is 0 Å². The number of pyridine rings is 2. The van der Waals surface area contributed by atoms with Gasteiger partial charge >= 0.3 is 0 Å². The van der Waals surface area contributed by atoms with Gasteiger partial charge in [0, 0.05) is 55.4 Å². The SMILES string of the molecule is C=C(c1ccn2ncc(C(=C)NCC(F)F)c2c1)c1cnc(Nc2ccc(N3CCN(C)CC3)nc2)nc1C. The number of hydrogen-bond donors (Lipinski definition) is 2. The predicted octanol–water partition coefficient (Wildman–Crippen LogP) is 4.21. The monoisotopic (exact) mass is 531 g/mol. The summed E-state index contributed by atoms with van der Waals surface area (Å²) < 4.78 is 26.9. The Labute approximate surface area is 225 Å². The smallest absolute Gasteiger partial charge is 0.255 e. The van der Waals surface area contributed by atoms with Crippen LogP contribution in [0.1, 0.15) is 22.4 Å². The van der Waals surface area contributed by atoms with E-state index in [-0.39, 0.29) is 0 Å². The van der Waals surface area contributed by atoms with Crippen molar-refractivity contribution in [3.05, 3.63) is 84.6 Å². The van der Waals surface area contributed by atoms with Gasteiger partial charge < -0.3 is 20.4 Å². The highest BCUT2D eigenvalue weighted by Crippen LogP contribution is 2.27. The minimum absolute atomic E-state index is 0.383. The summed E-state index contributed by atoms with van der Waals surface area (Å²) in [6, 6.07) is 7.78. The number of fused-ring (bicyclic) bond motifs is 1. The molecule has 11 heteroatoms. The van der Waals surface area contributed by atoms with Gasteiger partial charge in [-0.05, 0) is 49.4 Å². The lowest BCUT2D eigenvalue weighted by Crippen LogP contribution is -2.44. The van der Waals surface area contributed by atoms with Crippen molar-refractivity contribution in [2.45, 2.75) is 13.3 Å². The normalized spacial score (nSPS) is 14.1. The molecule has 0 unspecified atom stereocenters. The summed E-state index contributed by atoms with van der Waals surface area (Å²) in [7, 11) is 2.13. The fourth-order valence-corrected chi connectivity index (χ4v) is 4.49. The molecule has 0 aromatic carbocycles. The summed E-state index contributed by atoms with van der Waals surface area (Å²) >= 11 is 0. The Morgan fingerprint density at radius 3 is 2.51 bits per heavy atom. The molecule has 1 aliphatic rings. The largest absolute Gasteiger partial charge is 0.379 e. The van der Waals surface area contributed by atoms with E-state index in [4.69, 9.17) is 0 Å². The fourth-order valence-electron chi connectivity index (χ4n) is 4.49. The Bertz CT molecular complexity index is 1490. The number of nitrogens with zero attached hydrogens (tertiary/aromatic N) is 7. The van der Waals surface area contributed by atoms with Crippen LogP contribution in [-0.4, -0.2) is 75.7 Å². The van der Waals surface area contributed by atoms with Crippen molar-refractivity contribution >= 4 is 34.2 Å². The third kappa shape index (κ3) is 5.88. The second-order valence-corrected chi connectivity index (χ2v) is 9.55. The lowest BCUT2D eigenvalue weighted by atomic mass is 10.00. The van der Waals surface area contributed by atoms with Crippen LogP contribution in [0.3, 0.4) is 0 Å². The van der Waals surface area contributed by atoms with Gasteiger partial charge in [-0.25, -0.2) is 28.2 Å². The first-order valence-electron chi connectivity index (χ1n) is 12.7. The van der Waals surface area contributed by atoms with E-state index in [0.29, 0.717) is 17.2 Å². The van der Waals surface area contributed by atoms with Crippen molar-refractivity contribution in [1.82, 2.24) is 34.8 Å². The van der Waals surface area contributed by atoms with Crippen molar-refractivity contribution < 1.29 is 8.78 Å². The predicted molar refractivity (Wildman–Crippen MR) is 150 cm³/mol. The first-order chi connectivity index (χ1) is 18.8. The van der Waals surface area contributed by atoms with E-state index in [2.05, 4.69) is 60.7 Å². The number of piperazine rings is 1. The van der Waals surface area contributed by atoms with Crippen LogP contribution in [0.25, 0.3) is 16.8 Å². The summed E-state index contributed by atoms with van der Waals surface area (Å²) in [5.41, 5.74) is 5.68. The number of alkyl halides is 2. The number of halogens is 2. The van der Waals surface area contributed by atoms with Gasteiger partial charge in [-0.2, -0.15) is 5.10 Å². The van der Waals surface area contributed by atoms with Gasteiger partial charge in [0.1, 0.15) is 5.82 Å². The Balaban J connectivity index is 1.29. The Hall–Kier alpha value is -4.38. The Morgan fingerprint density at radius 1 is 1.03 bits per heavy atom. The van der Waals surface area contributed by atoms with Gasteiger partial charge in [0.05, 0.1) is 35.8 Å². The third-order valence-electron chi connectivity index (χ3n) is 6.80. The van der Waals surface area contributed by atoms with Crippen LogP contribution in [0.5, 0.6) is 0 Å². The van der Waals surface area contributed by atoms with Crippen LogP contribution < -0.4 is 15.5 Å². The van der Waals surface area contributed by atoms with Gasteiger partial charge in [-0.3, -0.25) is 0 Å². The molecule has 5 heterocycles. The number of likely N-dealkylation sites (N-methyl/N-ethyl adjacent to an activating group) is 1. The number of nitrogens with one attached hydrogen (secondary N) is 2. The van der Waals surface area contributed by atoms with E-state index in [1.54, 1.807) is 29.3 Å². The van der Waals surface area contributed by atoms with Gasteiger partial charge in [0.15, 0.2) is 0 Å². The second-order valence-electron chi connectivity index (χ2n) is 9.55. The highest BCUT2D eigenvalue weighted by molar-refractivity contribution is 5.83. The molecule has 4 aromatic heterocycles. The number of hydrogen-bond acceptors (Lipinski definition) is 8. The van der Waals surface area contributed by atoms with Crippen LogP contribution in [0.4, 0.5) is 26.2 Å². The third-order valence-corrected chi connectivity index (χ3v) is 6.80. The van der Waals surface area contributed by atoms with Crippen molar-refractivity contribution in [3.63, 3.8) is 0 Å². The van der Waals surface area contributed by atoms with E-state index in [1.807, 2.05) is 31.2 Å². The van der Waals surface area contributed by atoms with Crippen molar-refractivity contribution in [2.24, 2.45) is 0 Å². The minimum Gasteiger partial charge on any atom is -0.379 e. The van der Waals surface area contributed by atoms with E-state index in [0.717, 1.165) is 65.6 Å². The van der Waals surface area contributed by atoms with E-state index in [9.17, 15) is 8.78 Å². The van der Waals surface area contributed by atoms with Gasteiger partial charge in [-0.15, -0.1) is 0 Å². The molecule has 0 amide bonds. The molecule has 0 spiro atoms. The topological polar surface area (TPSA) is 86.5 Å². The summed E-state index contributed by atoms with van der Waals surface area (Å²) in [6.07, 6.45) is 4.46. The van der Waals surface area contributed by atoms with Gasteiger partial charge in [0.25, 0.3) is 6.43 Å². The summed E-state index contributed by atoms with van der Waals surface area (Å²) in [6.45, 7) is 13.6. The lowest BCUT2D eigenvalue weighted by Gasteiger charge is -2.33. The summed E-state index contributed by atoms with van der Waals surface area (Å²) in [5, 5.41) is 10.2. The molecular weight excluding hydrogens is 500 g/mol. The number of aromatic nitrogens is 5. The molecule has 1 aliphatic heterocycles. The van der Waals surface area contributed by atoms with Crippen molar-refractivity contribution in [3.8, 4) is 0 Å². The molecule has 4 aromatic rings. The van der Waals surface area contributed by atoms with E-state index in [1.165, 1.54) is 0 Å². The zero-order valence-electron chi connectivity index (χ0n) is 22.0. The standard InChI is InChI=1S/C28H31F2N9/c1-18(21-7-8-39-25(13-21)24(16-34-39)19(2)31-17-26(29)30)23-15-33-28(35-20(23)3)36-22-5-6-27(32-14-22)38-11-9-37(4)10-12-38/h5-8,13-16,26,31H,1-2,9-12,17H2,3-4H3,(H,33,35,36). The van der Waals surface area contributed by atoms with E-state index >= 15 is 0 Å². The molecule has 39 heavy (non-hydrogen) atoms.